The Kier molecular flexibility index (Phi) is 3.18. The number of nitrogens with one attached hydrogen (secondary N) is 1. The molecule has 1 unspecified atom stereocenters. The van der Waals surface area contributed by atoms with E-state index in [0.29, 0.717) is 11.5 Å². The van der Waals surface area contributed by atoms with Gasteiger partial charge in [-0.2, -0.15) is 5.10 Å². The molecule has 0 aliphatic carbocycles. The normalized spacial score (nSPS) is 18.4. The smallest absolute Gasteiger partial charge is 0.272 e. The summed E-state index contributed by atoms with van der Waals surface area (Å²) in [5, 5.41) is 6.53. The van der Waals surface area contributed by atoms with Gasteiger partial charge in [0, 0.05) is 12.6 Å². The van der Waals surface area contributed by atoms with Gasteiger partial charge in [-0.15, -0.1) is 0 Å². The van der Waals surface area contributed by atoms with Crippen LogP contribution in [-0.4, -0.2) is 27.5 Å². The van der Waals surface area contributed by atoms with E-state index in [1.165, 1.54) is 11.1 Å². The van der Waals surface area contributed by atoms with Crippen molar-refractivity contribution in [2.75, 3.05) is 12.3 Å². The van der Waals surface area contributed by atoms with E-state index in [0.717, 1.165) is 19.4 Å². The van der Waals surface area contributed by atoms with Crippen LogP contribution in [0.5, 0.6) is 0 Å². The second-order valence-corrected chi connectivity index (χ2v) is 5.22. The summed E-state index contributed by atoms with van der Waals surface area (Å²) in [6.45, 7) is 2.86. The van der Waals surface area contributed by atoms with Crippen LogP contribution >= 0.6 is 0 Å². The van der Waals surface area contributed by atoms with Gasteiger partial charge in [-0.3, -0.25) is 9.89 Å². The van der Waals surface area contributed by atoms with Gasteiger partial charge in [-0.1, -0.05) is 24.3 Å². The number of anilines is 1. The second kappa shape index (κ2) is 5.00. The fourth-order valence-corrected chi connectivity index (χ4v) is 2.90. The molecule has 0 spiro atoms. The Morgan fingerprint density at radius 1 is 1.45 bits per heavy atom. The average molecular weight is 270 g/mol. The number of carbonyl (C=O) groups excluding carboxylic acids is 1. The highest BCUT2D eigenvalue weighted by Gasteiger charge is 2.31. The van der Waals surface area contributed by atoms with Gasteiger partial charge in [-0.25, -0.2) is 0 Å². The summed E-state index contributed by atoms with van der Waals surface area (Å²) in [7, 11) is 0. The molecule has 5 nitrogen and oxygen atoms in total. The average Bonchev–Trinajstić information content (AvgIpc) is 3.07. The van der Waals surface area contributed by atoms with Gasteiger partial charge in [0.25, 0.3) is 5.91 Å². The summed E-state index contributed by atoms with van der Waals surface area (Å²) in [5.74, 6) is 0.319. The van der Waals surface area contributed by atoms with E-state index in [4.69, 9.17) is 5.73 Å². The first-order valence-corrected chi connectivity index (χ1v) is 6.84. The van der Waals surface area contributed by atoms with E-state index in [2.05, 4.69) is 29.3 Å². The fourth-order valence-electron chi connectivity index (χ4n) is 2.90. The van der Waals surface area contributed by atoms with Crippen molar-refractivity contribution in [1.82, 2.24) is 15.1 Å². The Morgan fingerprint density at radius 2 is 2.25 bits per heavy atom. The number of benzene rings is 1. The summed E-state index contributed by atoms with van der Waals surface area (Å²) in [6.07, 6.45) is 2.02. The number of aryl methyl sites for hydroxylation is 1. The quantitative estimate of drug-likeness (QED) is 0.879. The zero-order valence-electron chi connectivity index (χ0n) is 11.5. The van der Waals surface area contributed by atoms with Gasteiger partial charge >= 0.3 is 0 Å². The number of aromatic amines is 1. The van der Waals surface area contributed by atoms with E-state index < -0.39 is 0 Å². The van der Waals surface area contributed by atoms with Crippen molar-refractivity contribution in [3.8, 4) is 0 Å². The van der Waals surface area contributed by atoms with Gasteiger partial charge < -0.3 is 10.6 Å². The molecule has 2 heterocycles. The van der Waals surface area contributed by atoms with Gasteiger partial charge in [0.15, 0.2) is 0 Å². The van der Waals surface area contributed by atoms with Crippen molar-refractivity contribution in [2.24, 2.45) is 0 Å². The highest BCUT2D eigenvalue weighted by atomic mass is 16.2. The minimum Gasteiger partial charge on any atom is -0.382 e. The van der Waals surface area contributed by atoms with Gasteiger partial charge in [0.05, 0.1) is 6.04 Å². The lowest BCUT2D eigenvalue weighted by molar-refractivity contribution is 0.0729. The van der Waals surface area contributed by atoms with Crippen LogP contribution in [0, 0.1) is 6.92 Å². The largest absolute Gasteiger partial charge is 0.382 e. The Labute approximate surface area is 117 Å². The van der Waals surface area contributed by atoms with Crippen molar-refractivity contribution in [3.05, 3.63) is 47.2 Å². The first kappa shape index (κ1) is 12.7. The van der Waals surface area contributed by atoms with Crippen molar-refractivity contribution < 1.29 is 4.79 Å². The molecule has 0 bridgehead atoms. The lowest BCUT2D eigenvalue weighted by atomic mass is 9.99. The summed E-state index contributed by atoms with van der Waals surface area (Å²) >= 11 is 0. The van der Waals surface area contributed by atoms with E-state index in [1.54, 1.807) is 6.07 Å². The summed E-state index contributed by atoms with van der Waals surface area (Å²) in [6, 6.07) is 9.98. The SMILES string of the molecule is Cc1ccccc1C1CCCN1C(=O)c1cc(N)n[nH]1. The number of nitrogen functional groups attached to an aromatic ring is 1. The molecular weight excluding hydrogens is 252 g/mol. The number of likely N-dealkylation sites (tertiary alicyclic amines) is 1. The third-order valence-electron chi connectivity index (χ3n) is 3.89. The molecule has 2 aromatic rings. The zero-order chi connectivity index (χ0) is 14.1. The third kappa shape index (κ3) is 2.15. The minimum atomic E-state index is -0.0278. The highest BCUT2D eigenvalue weighted by Crippen LogP contribution is 2.34. The van der Waals surface area contributed by atoms with Crippen LogP contribution in [0.25, 0.3) is 0 Å². The number of hydrogen-bond acceptors (Lipinski definition) is 3. The zero-order valence-corrected chi connectivity index (χ0v) is 11.5. The Morgan fingerprint density at radius 3 is 2.95 bits per heavy atom. The Bertz CT molecular complexity index is 634. The van der Waals surface area contributed by atoms with Gasteiger partial charge in [-0.05, 0) is 30.9 Å². The molecule has 1 saturated heterocycles. The highest BCUT2D eigenvalue weighted by molar-refractivity contribution is 5.93. The fraction of sp³-hybridized carbons (Fsp3) is 0.333. The van der Waals surface area contributed by atoms with Crippen molar-refractivity contribution >= 4 is 11.7 Å². The molecule has 3 N–H and O–H groups in total. The molecule has 0 saturated carbocycles. The van der Waals surface area contributed by atoms with E-state index >= 15 is 0 Å². The Balaban J connectivity index is 1.90. The van der Waals surface area contributed by atoms with E-state index in [9.17, 15) is 4.79 Å². The number of amides is 1. The maximum atomic E-state index is 12.6. The molecule has 104 valence electrons. The number of carbonyl (C=O) groups is 1. The van der Waals surface area contributed by atoms with Gasteiger partial charge in [0.2, 0.25) is 0 Å². The van der Waals surface area contributed by atoms with Crippen molar-refractivity contribution in [2.45, 2.75) is 25.8 Å². The summed E-state index contributed by atoms with van der Waals surface area (Å²) in [4.78, 5) is 14.5. The molecule has 0 radical (unpaired) electrons. The van der Waals surface area contributed by atoms with Crippen LogP contribution in [-0.2, 0) is 0 Å². The maximum absolute atomic E-state index is 12.6. The summed E-state index contributed by atoms with van der Waals surface area (Å²) in [5.41, 5.74) is 8.48. The Hall–Kier alpha value is -2.30. The first-order valence-electron chi connectivity index (χ1n) is 6.84. The van der Waals surface area contributed by atoms with Crippen LogP contribution in [0.3, 0.4) is 0 Å². The molecule has 1 aromatic heterocycles. The predicted molar refractivity (Wildman–Crippen MR) is 77.2 cm³/mol. The lowest BCUT2D eigenvalue weighted by Gasteiger charge is -2.25. The lowest BCUT2D eigenvalue weighted by Crippen LogP contribution is -2.31. The molecule has 1 atom stereocenters. The molecule has 1 amide bonds. The summed E-state index contributed by atoms with van der Waals surface area (Å²) < 4.78 is 0. The van der Waals surface area contributed by atoms with E-state index in [1.807, 2.05) is 17.0 Å². The van der Waals surface area contributed by atoms with Crippen LogP contribution in [0.1, 0.15) is 40.5 Å². The molecule has 5 heteroatoms. The van der Waals surface area contributed by atoms with Crippen molar-refractivity contribution in [1.29, 1.82) is 0 Å². The van der Waals surface area contributed by atoms with Crippen LogP contribution in [0.2, 0.25) is 0 Å². The molecular formula is C15H18N4O. The number of rotatable bonds is 2. The topological polar surface area (TPSA) is 75.0 Å². The second-order valence-electron chi connectivity index (χ2n) is 5.22. The van der Waals surface area contributed by atoms with E-state index in [-0.39, 0.29) is 11.9 Å². The minimum absolute atomic E-state index is 0.0278. The van der Waals surface area contributed by atoms with Crippen LogP contribution in [0.4, 0.5) is 5.82 Å². The standard InChI is InChI=1S/C15H18N4O/c1-10-5-2-3-6-11(10)13-7-4-8-19(13)15(20)12-9-14(16)18-17-12/h2-3,5-6,9,13H,4,7-8H2,1H3,(H3,16,17,18). The molecule has 3 rings (SSSR count). The molecule has 1 aliphatic rings. The number of aromatic nitrogens is 2. The van der Waals surface area contributed by atoms with Gasteiger partial charge in [0.1, 0.15) is 11.5 Å². The number of H-pyrrole nitrogens is 1. The van der Waals surface area contributed by atoms with Crippen molar-refractivity contribution in [3.63, 3.8) is 0 Å². The third-order valence-corrected chi connectivity index (χ3v) is 3.89. The molecule has 1 aliphatic heterocycles. The molecule has 20 heavy (non-hydrogen) atoms. The van der Waals surface area contributed by atoms with Crippen LogP contribution < -0.4 is 5.73 Å². The number of nitrogens with two attached hydrogens (primary N) is 1. The predicted octanol–water partition coefficient (Wildman–Crippen LogP) is 2.28. The maximum Gasteiger partial charge on any atom is 0.272 e. The molecule has 1 fully saturated rings. The van der Waals surface area contributed by atoms with Crippen LogP contribution in [0.15, 0.2) is 30.3 Å². The first-order chi connectivity index (χ1) is 9.66. The number of nitrogens with zero attached hydrogens (tertiary/aromatic N) is 2. The number of hydrogen-bond donors (Lipinski definition) is 2. The molecule has 1 aromatic carbocycles. The monoisotopic (exact) mass is 270 g/mol.